The minimum atomic E-state index is -2.55. The van der Waals surface area contributed by atoms with Crippen molar-refractivity contribution in [3.63, 3.8) is 0 Å². The standard InChI is InChI=1S/C8H11FN2O2S/c9-7-3-6(4-10)1-2-8(7)11-5-14(12)13/h1-3,11,14H,4-5,10H2. The number of benzene rings is 1. The molecule has 0 saturated heterocycles. The number of thiol groups is 1. The van der Waals surface area contributed by atoms with Crippen LogP contribution in [-0.4, -0.2) is 14.3 Å². The van der Waals surface area contributed by atoms with E-state index in [-0.39, 0.29) is 18.1 Å². The number of nitrogens with one attached hydrogen (secondary N) is 1. The molecule has 0 saturated carbocycles. The highest BCUT2D eigenvalue weighted by Crippen LogP contribution is 2.14. The molecule has 0 aliphatic carbocycles. The average Bonchev–Trinajstić information content (AvgIpc) is 2.15. The van der Waals surface area contributed by atoms with E-state index in [1.165, 1.54) is 12.1 Å². The van der Waals surface area contributed by atoms with Crippen molar-refractivity contribution in [2.24, 2.45) is 5.73 Å². The lowest BCUT2D eigenvalue weighted by molar-refractivity contribution is 0.615. The Balaban J connectivity index is 2.78. The van der Waals surface area contributed by atoms with Gasteiger partial charge in [0.25, 0.3) is 0 Å². The molecule has 0 unspecified atom stereocenters. The Morgan fingerprint density at radius 3 is 2.64 bits per heavy atom. The summed E-state index contributed by atoms with van der Waals surface area (Å²) in [4.78, 5) is 0. The van der Waals surface area contributed by atoms with Gasteiger partial charge < -0.3 is 11.1 Å². The van der Waals surface area contributed by atoms with Crippen LogP contribution in [0.15, 0.2) is 18.2 Å². The van der Waals surface area contributed by atoms with Crippen LogP contribution >= 0.6 is 0 Å². The van der Waals surface area contributed by atoms with E-state index in [9.17, 15) is 12.8 Å². The van der Waals surface area contributed by atoms with Crippen LogP contribution in [0.2, 0.25) is 0 Å². The molecule has 14 heavy (non-hydrogen) atoms. The second-order valence-electron chi connectivity index (χ2n) is 2.69. The maximum absolute atomic E-state index is 13.2. The van der Waals surface area contributed by atoms with Crippen LogP contribution < -0.4 is 11.1 Å². The van der Waals surface area contributed by atoms with E-state index < -0.39 is 16.5 Å². The molecule has 0 radical (unpaired) electrons. The lowest BCUT2D eigenvalue weighted by Crippen LogP contribution is -2.05. The first-order valence-corrected chi connectivity index (χ1v) is 5.34. The van der Waals surface area contributed by atoms with E-state index in [2.05, 4.69) is 5.32 Å². The molecule has 0 aliphatic rings. The predicted octanol–water partition coefficient (Wildman–Crippen LogP) is 0.265. The van der Waals surface area contributed by atoms with Crippen molar-refractivity contribution in [3.05, 3.63) is 29.6 Å². The Kier molecular flexibility index (Phi) is 3.84. The maximum Gasteiger partial charge on any atom is 0.158 e. The molecule has 0 aliphatic heterocycles. The largest absolute Gasteiger partial charge is 0.369 e. The Hall–Kier alpha value is -1.14. The van der Waals surface area contributed by atoms with Gasteiger partial charge in [-0.1, -0.05) is 6.07 Å². The molecule has 0 amide bonds. The molecule has 3 N–H and O–H groups in total. The number of rotatable bonds is 4. The number of anilines is 1. The maximum atomic E-state index is 13.2. The van der Waals surface area contributed by atoms with Gasteiger partial charge in [0.2, 0.25) is 0 Å². The van der Waals surface area contributed by atoms with Crippen LogP contribution in [0.1, 0.15) is 5.56 Å². The van der Waals surface area contributed by atoms with Crippen LogP contribution in [0.25, 0.3) is 0 Å². The van der Waals surface area contributed by atoms with Crippen LogP contribution in [0.5, 0.6) is 0 Å². The zero-order valence-corrected chi connectivity index (χ0v) is 8.26. The number of halogens is 1. The molecule has 0 fully saturated rings. The van der Waals surface area contributed by atoms with Gasteiger partial charge in [0.05, 0.1) is 5.69 Å². The van der Waals surface area contributed by atoms with Crippen molar-refractivity contribution < 1.29 is 12.8 Å². The molecule has 0 aromatic heterocycles. The molecule has 4 nitrogen and oxygen atoms in total. The summed E-state index contributed by atoms with van der Waals surface area (Å²) in [7, 11) is -2.55. The van der Waals surface area contributed by atoms with Crippen LogP contribution in [0.3, 0.4) is 0 Å². The zero-order chi connectivity index (χ0) is 10.6. The number of hydrogen-bond acceptors (Lipinski definition) is 4. The molecule has 1 aromatic carbocycles. The van der Waals surface area contributed by atoms with E-state index in [0.717, 1.165) is 0 Å². The molecular weight excluding hydrogens is 207 g/mol. The second-order valence-corrected chi connectivity index (χ2v) is 3.67. The molecule has 0 heterocycles. The first kappa shape index (κ1) is 10.9. The SMILES string of the molecule is NCc1ccc(NC[SH](=O)=O)c(F)c1. The summed E-state index contributed by atoms with van der Waals surface area (Å²) in [5.41, 5.74) is 6.14. The first-order chi connectivity index (χ1) is 6.63. The van der Waals surface area contributed by atoms with E-state index in [0.29, 0.717) is 5.56 Å². The third-order valence-electron chi connectivity index (χ3n) is 1.67. The van der Waals surface area contributed by atoms with E-state index in [1.807, 2.05) is 0 Å². The summed E-state index contributed by atoms with van der Waals surface area (Å²) in [5.74, 6) is -0.765. The first-order valence-electron chi connectivity index (χ1n) is 3.97. The number of hydrogen-bond donors (Lipinski definition) is 3. The summed E-state index contributed by atoms with van der Waals surface area (Å²) in [6.45, 7) is 0.257. The topological polar surface area (TPSA) is 72.2 Å². The summed E-state index contributed by atoms with van der Waals surface area (Å²) in [5, 5.41) is 2.45. The smallest absolute Gasteiger partial charge is 0.158 e. The molecular formula is C8H11FN2O2S. The Bertz CT molecular complexity index is 385. The predicted molar refractivity (Wildman–Crippen MR) is 53.1 cm³/mol. The van der Waals surface area contributed by atoms with E-state index in [4.69, 9.17) is 5.73 Å². The van der Waals surface area contributed by atoms with Crippen molar-refractivity contribution in [2.75, 3.05) is 11.2 Å². The minimum Gasteiger partial charge on any atom is -0.369 e. The summed E-state index contributed by atoms with van der Waals surface area (Å²) >= 11 is 0. The zero-order valence-electron chi connectivity index (χ0n) is 7.37. The third kappa shape index (κ3) is 2.97. The number of nitrogens with two attached hydrogens (primary N) is 1. The van der Waals surface area contributed by atoms with Crippen molar-refractivity contribution >= 4 is 16.4 Å². The molecule has 0 atom stereocenters. The van der Waals surface area contributed by atoms with Crippen molar-refractivity contribution in [1.29, 1.82) is 0 Å². The van der Waals surface area contributed by atoms with E-state index >= 15 is 0 Å². The van der Waals surface area contributed by atoms with Gasteiger partial charge in [-0.15, -0.1) is 0 Å². The van der Waals surface area contributed by atoms with Gasteiger partial charge in [0, 0.05) is 6.54 Å². The fraction of sp³-hybridized carbons (Fsp3) is 0.250. The fourth-order valence-electron chi connectivity index (χ4n) is 0.979. The minimum absolute atomic E-state index is 0.168. The Morgan fingerprint density at radius 1 is 1.43 bits per heavy atom. The lowest BCUT2D eigenvalue weighted by atomic mass is 10.2. The van der Waals surface area contributed by atoms with E-state index in [1.54, 1.807) is 6.07 Å². The van der Waals surface area contributed by atoms with Crippen LogP contribution in [0.4, 0.5) is 10.1 Å². The third-order valence-corrected chi connectivity index (χ3v) is 2.08. The summed E-state index contributed by atoms with van der Waals surface area (Å²) in [6, 6.07) is 4.39. The van der Waals surface area contributed by atoms with Crippen LogP contribution in [-0.2, 0) is 17.2 Å². The summed E-state index contributed by atoms with van der Waals surface area (Å²) in [6.07, 6.45) is 0. The Labute approximate surface area is 82.9 Å². The van der Waals surface area contributed by atoms with Gasteiger partial charge >= 0.3 is 0 Å². The van der Waals surface area contributed by atoms with Gasteiger partial charge in [-0.3, -0.25) is 0 Å². The fourth-order valence-corrected chi connectivity index (χ4v) is 1.28. The molecule has 0 bridgehead atoms. The average molecular weight is 218 g/mol. The molecule has 1 rings (SSSR count). The highest BCUT2D eigenvalue weighted by Gasteiger charge is 2.02. The quantitative estimate of drug-likeness (QED) is 0.634. The second kappa shape index (κ2) is 4.92. The molecule has 1 aromatic rings. The van der Waals surface area contributed by atoms with Gasteiger partial charge in [0.1, 0.15) is 11.7 Å². The monoisotopic (exact) mass is 218 g/mol. The highest BCUT2D eigenvalue weighted by molar-refractivity contribution is 7.72. The van der Waals surface area contributed by atoms with Crippen molar-refractivity contribution in [2.45, 2.75) is 6.54 Å². The van der Waals surface area contributed by atoms with Gasteiger partial charge in [-0.25, -0.2) is 12.8 Å². The normalized spacial score (nSPS) is 10.5. The van der Waals surface area contributed by atoms with Crippen molar-refractivity contribution in [1.82, 2.24) is 0 Å². The van der Waals surface area contributed by atoms with Crippen LogP contribution in [0, 0.1) is 5.82 Å². The van der Waals surface area contributed by atoms with Gasteiger partial charge in [-0.2, -0.15) is 0 Å². The van der Waals surface area contributed by atoms with Gasteiger partial charge in [0.15, 0.2) is 10.7 Å². The Morgan fingerprint density at radius 2 is 2.14 bits per heavy atom. The molecule has 6 heteroatoms. The molecule has 78 valence electrons. The summed E-state index contributed by atoms with van der Waals surface area (Å²) < 4.78 is 33.7. The lowest BCUT2D eigenvalue weighted by Gasteiger charge is -2.05. The van der Waals surface area contributed by atoms with Gasteiger partial charge in [-0.05, 0) is 17.7 Å². The van der Waals surface area contributed by atoms with Crippen molar-refractivity contribution in [3.8, 4) is 0 Å². The molecule has 0 spiro atoms. The highest BCUT2D eigenvalue weighted by atomic mass is 32.2.